The van der Waals surface area contributed by atoms with Crippen molar-refractivity contribution < 1.29 is 4.79 Å². The van der Waals surface area contributed by atoms with Gasteiger partial charge in [-0.05, 0) is 30.7 Å². The van der Waals surface area contributed by atoms with E-state index in [2.05, 4.69) is 5.32 Å². The summed E-state index contributed by atoms with van der Waals surface area (Å²) in [6, 6.07) is 7.40. The molecule has 4 heteroatoms. The zero-order chi connectivity index (χ0) is 11.3. The first-order valence-electron chi connectivity index (χ1n) is 4.86. The van der Waals surface area contributed by atoms with E-state index in [0.717, 1.165) is 5.56 Å². The number of hydrogen-bond donors (Lipinski definition) is 2. The second-order valence-electron chi connectivity index (χ2n) is 3.39. The number of nitrogens with two attached hydrogens (primary N) is 1. The summed E-state index contributed by atoms with van der Waals surface area (Å²) in [5.41, 5.74) is 6.49. The summed E-state index contributed by atoms with van der Waals surface area (Å²) in [7, 11) is 0. The van der Waals surface area contributed by atoms with Crippen LogP contribution in [0.2, 0.25) is 5.02 Å². The Morgan fingerprint density at radius 1 is 1.60 bits per heavy atom. The van der Waals surface area contributed by atoms with Crippen LogP contribution in [0, 0.1) is 0 Å². The van der Waals surface area contributed by atoms with Gasteiger partial charge in [-0.15, -0.1) is 0 Å². The van der Waals surface area contributed by atoms with Crippen molar-refractivity contribution in [3.05, 3.63) is 34.9 Å². The van der Waals surface area contributed by atoms with Crippen LogP contribution in [0.3, 0.4) is 0 Å². The molecule has 82 valence electrons. The van der Waals surface area contributed by atoms with Crippen LogP contribution in [0.25, 0.3) is 0 Å². The number of hydrogen-bond acceptors (Lipinski definition) is 2. The lowest BCUT2D eigenvalue weighted by molar-refractivity contribution is -0.119. The van der Waals surface area contributed by atoms with E-state index in [0.29, 0.717) is 18.0 Å². The molecule has 0 bridgehead atoms. The van der Waals surface area contributed by atoms with Crippen LogP contribution >= 0.6 is 11.6 Å². The van der Waals surface area contributed by atoms with E-state index < -0.39 is 0 Å². The summed E-state index contributed by atoms with van der Waals surface area (Å²) in [6.07, 6.45) is 0.708. The Labute approximate surface area is 94.6 Å². The largest absolute Gasteiger partial charge is 0.349 e. The zero-order valence-electron chi connectivity index (χ0n) is 8.66. The van der Waals surface area contributed by atoms with Crippen molar-refractivity contribution in [3.63, 3.8) is 0 Å². The second-order valence-corrected chi connectivity index (χ2v) is 3.82. The Hall–Kier alpha value is -1.06. The molecule has 0 aliphatic heterocycles. The van der Waals surface area contributed by atoms with Gasteiger partial charge < -0.3 is 11.1 Å². The summed E-state index contributed by atoms with van der Waals surface area (Å²) in [4.78, 5) is 11.0. The minimum atomic E-state index is -0.0616. The molecule has 1 aromatic carbocycles. The molecule has 3 nitrogen and oxygen atoms in total. The van der Waals surface area contributed by atoms with E-state index in [4.69, 9.17) is 17.3 Å². The topological polar surface area (TPSA) is 55.1 Å². The molecule has 0 heterocycles. The molecule has 0 aliphatic rings. The van der Waals surface area contributed by atoms with Gasteiger partial charge in [0.15, 0.2) is 0 Å². The van der Waals surface area contributed by atoms with Crippen LogP contribution in [0.1, 0.15) is 24.9 Å². The predicted molar refractivity (Wildman–Crippen MR) is 61.7 cm³/mol. The highest BCUT2D eigenvalue weighted by Crippen LogP contribution is 2.19. The van der Waals surface area contributed by atoms with Crippen molar-refractivity contribution in [2.75, 3.05) is 6.54 Å². The minimum Gasteiger partial charge on any atom is -0.349 e. The maximum absolute atomic E-state index is 11.0. The lowest BCUT2D eigenvalue weighted by Crippen LogP contribution is -2.27. The SMILES string of the molecule is CC(=O)NC(CCN)c1cccc(Cl)c1. The van der Waals surface area contributed by atoms with Crippen LogP contribution in [0.4, 0.5) is 0 Å². The quantitative estimate of drug-likeness (QED) is 0.824. The highest BCUT2D eigenvalue weighted by molar-refractivity contribution is 6.30. The van der Waals surface area contributed by atoms with Crippen LogP contribution in [-0.4, -0.2) is 12.5 Å². The molecular weight excluding hydrogens is 212 g/mol. The van der Waals surface area contributed by atoms with Crippen molar-refractivity contribution in [1.82, 2.24) is 5.32 Å². The maximum atomic E-state index is 11.0. The van der Waals surface area contributed by atoms with E-state index in [9.17, 15) is 4.79 Å². The van der Waals surface area contributed by atoms with Crippen LogP contribution in [0.5, 0.6) is 0 Å². The molecule has 0 spiro atoms. The third kappa shape index (κ3) is 3.90. The van der Waals surface area contributed by atoms with Crippen LogP contribution < -0.4 is 11.1 Å². The molecule has 0 aliphatic carbocycles. The van der Waals surface area contributed by atoms with E-state index >= 15 is 0 Å². The highest BCUT2D eigenvalue weighted by Gasteiger charge is 2.11. The Bertz CT molecular complexity index is 341. The fraction of sp³-hybridized carbons (Fsp3) is 0.364. The molecule has 0 aromatic heterocycles. The molecule has 0 radical (unpaired) electrons. The summed E-state index contributed by atoms with van der Waals surface area (Å²) < 4.78 is 0. The number of carbonyl (C=O) groups excluding carboxylic acids is 1. The van der Waals surface area contributed by atoms with Crippen LogP contribution in [-0.2, 0) is 4.79 Å². The molecular formula is C11H15ClN2O. The van der Waals surface area contributed by atoms with Gasteiger partial charge in [0.05, 0.1) is 6.04 Å². The monoisotopic (exact) mass is 226 g/mol. The molecule has 1 unspecified atom stereocenters. The molecule has 1 rings (SSSR count). The number of rotatable bonds is 4. The van der Waals surface area contributed by atoms with Gasteiger partial charge in [-0.1, -0.05) is 23.7 Å². The Morgan fingerprint density at radius 3 is 2.87 bits per heavy atom. The second kappa shape index (κ2) is 5.73. The molecule has 0 saturated heterocycles. The highest BCUT2D eigenvalue weighted by atomic mass is 35.5. The standard InChI is InChI=1S/C11H15ClN2O/c1-8(15)14-11(5-6-13)9-3-2-4-10(12)7-9/h2-4,7,11H,5-6,13H2,1H3,(H,14,15). The summed E-state index contributed by atoms with van der Waals surface area (Å²) in [5, 5.41) is 3.51. The van der Waals surface area contributed by atoms with Crippen molar-refractivity contribution in [3.8, 4) is 0 Å². The Morgan fingerprint density at radius 2 is 2.33 bits per heavy atom. The van der Waals surface area contributed by atoms with Crippen molar-refractivity contribution >= 4 is 17.5 Å². The average Bonchev–Trinajstić information content (AvgIpc) is 2.16. The normalized spacial score (nSPS) is 12.2. The first-order valence-corrected chi connectivity index (χ1v) is 5.24. The predicted octanol–water partition coefficient (Wildman–Crippen LogP) is 1.87. The molecule has 0 saturated carbocycles. The van der Waals surface area contributed by atoms with Gasteiger partial charge in [0.25, 0.3) is 0 Å². The third-order valence-electron chi connectivity index (χ3n) is 2.08. The average molecular weight is 227 g/mol. The van der Waals surface area contributed by atoms with Gasteiger partial charge in [-0.2, -0.15) is 0 Å². The van der Waals surface area contributed by atoms with Gasteiger partial charge >= 0.3 is 0 Å². The van der Waals surface area contributed by atoms with Crippen molar-refractivity contribution in [2.24, 2.45) is 5.73 Å². The smallest absolute Gasteiger partial charge is 0.217 e. The van der Waals surface area contributed by atoms with Gasteiger partial charge in [0.2, 0.25) is 5.91 Å². The van der Waals surface area contributed by atoms with E-state index in [-0.39, 0.29) is 11.9 Å². The molecule has 1 aromatic rings. The van der Waals surface area contributed by atoms with Gasteiger partial charge in [0, 0.05) is 11.9 Å². The molecule has 3 N–H and O–H groups in total. The number of nitrogens with one attached hydrogen (secondary N) is 1. The number of benzene rings is 1. The van der Waals surface area contributed by atoms with Crippen molar-refractivity contribution in [1.29, 1.82) is 0 Å². The zero-order valence-corrected chi connectivity index (χ0v) is 9.42. The van der Waals surface area contributed by atoms with Crippen LogP contribution in [0.15, 0.2) is 24.3 Å². The molecule has 1 amide bonds. The summed E-state index contributed by atoms with van der Waals surface area (Å²) in [5.74, 6) is -0.0616. The summed E-state index contributed by atoms with van der Waals surface area (Å²) >= 11 is 5.88. The number of amides is 1. The number of halogens is 1. The minimum absolute atomic E-state index is 0.0498. The lowest BCUT2D eigenvalue weighted by Gasteiger charge is -2.17. The first kappa shape index (κ1) is 12.0. The van der Waals surface area contributed by atoms with E-state index in [1.807, 2.05) is 18.2 Å². The fourth-order valence-corrected chi connectivity index (χ4v) is 1.66. The third-order valence-corrected chi connectivity index (χ3v) is 2.32. The van der Waals surface area contributed by atoms with Gasteiger partial charge in [-0.3, -0.25) is 4.79 Å². The Balaban J connectivity index is 2.83. The van der Waals surface area contributed by atoms with Gasteiger partial charge in [-0.25, -0.2) is 0 Å². The summed E-state index contributed by atoms with van der Waals surface area (Å²) in [6.45, 7) is 2.02. The van der Waals surface area contributed by atoms with E-state index in [1.165, 1.54) is 6.92 Å². The molecule has 0 fully saturated rings. The molecule has 15 heavy (non-hydrogen) atoms. The first-order chi connectivity index (χ1) is 7.13. The van der Waals surface area contributed by atoms with Crippen molar-refractivity contribution in [2.45, 2.75) is 19.4 Å². The number of carbonyl (C=O) groups is 1. The van der Waals surface area contributed by atoms with Gasteiger partial charge in [0.1, 0.15) is 0 Å². The molecule has 1 atom stereocenters. The van der Waals surface area contributed by atoms with E-state index in [1.54, 1.807) is 6.07 Å². The fourth-order valence-electron chi connectivity index (χ4n) is 1.46. The maximum Gasteiger partial charge on any atom is 0.217 e. The lowest BCUT2D eigenvalue weighted by atomic mass is 10.0. The Kier molecular flexibility index (Phi) is 4.59.